The maximum absolute atomic E-state index is 4.17. The molecular formula is C8H11BrN2. The third kappa shape index (κ3) is 2.26. The van der Waals surface area contributed by atoms with Crippen LogP contribution in [0.15, 0.2) is 17.0 Å². The molecule has 1 aromatic rings. The molecule has 0 bridgehead atoms. The Kier molecular flexibility index (Phi) is 2.28. The van der Waals surface area contributed by atoms with Crippen molar-refractivity contribution in [2.75, 3.05) is 0 Å². The van der Waals surface area contributed by atoms with Crippen LogP contribution in [0.4, 0.5) is 0 Å². The Morgan fingerprint density at radius 1 is 1.27 bits per heavy atom. The molecule has 3 heteroatoms. The molecule has 0 spiro atoms. The van der Waals surface area contributed by atoms with Crippen LogP contribution in [0.3, 0.4) is 0 Å². The van der Waals surface area contributed by atoms with Gasteiger partial charge < -0.3 is 0 Å². The highest BCUT2D eigenvalue weighted by Gasteiger charge is 2.14. The Labute approximate surface area is 75.2 Å². The zero-order valence-electron chi connectivity index (χ0n) is 6.93. The summed E-state index contributed by atoms with van der Waals surface area (Å²) in [6.45, 7) is 6.38. The first-order chi connectivity index (χ1) is 5.00. The predicted molar refractivity (Wildman–Crippen MR) is 48.4 cm³/mol. The molecule has 0 fully saturated rings. The van der Waals surface area contributed by atoms with Gasteiger partial charge in [0.2, 0.25) is 0 Å². The summed E-state index contributed by atoms with van der Waals surface area (Å²) in [5, 5.41) is 0. The van der Waals surface area contributed by atoms with Crippen molar-refractivity contribution in [2.24, 2.45) is 0 Å². The van der Waals surface area contributed by atoms with Crippen molar-refractivity contribution < 1.29 is 0 Å². The summed E-state index contributed by atoms with van der Waals surface area (Å²) in [5.41, 5.74) is 1.16. The quantitative estimate of drug-likeness (QED) is 0.621. The van der Waals surface area contributed by atoms with Gasteiger partial charge in [-0.3, -0.25) is 0 Å². The minimum absolute atomic E-state index is 0.103. The molecule has 1 aromatic heterocycles. The lowest BCUT2D eigenvalue weighted by molar-refractivity contribution is 0.566. The summed E-state index contributed by atoms with van der Waals surface area (Å²) in [6.07, 6.45) is 1.57. The summed E-state index contributed by atoms with van der Waals surface area (Å²) < 4.78 is 0.845. The van der Waals surface area contributed by atoms with E-state index in [1.165, 1.54) is 0 Å². The zero-order valence-corrected chi connectivity index (χ0v) is 8.51. The Hall–Kier alpha value is -0.440. The van der Waals surface area contributed by atoms with Gasteiger partial charge in [0.15, 0.2) is 0 Å². The molecule has 0 aliphatic heterocycles. The fourth-order valence-electron chi connectivity index (χ4n) is 0.744. The first kappa shape index (κ1) is 8.65. The minimum atomic E-state index is 0.103. The van der Waals surface area contributed by atoms with Gasteiger partial charge in [-0.05, 0) is 22.0 Å². The molecule has 1 rings (SSSR count). The van der Waals surface area contributed by atoms with Crippen molar-refractivity contribution in [1.82, 2.24) is 9.97 Å². The van der Waals surface area contributed by atoms with E-state index in [1.54, 1.807) is 6.33 Å². The molecule has 0 radical (unpaired) electrons. The Balaban J connectivity index is 3.06. The topological polar surface area (TPSA) is 25.8 Å². The van der Waals surface area contributed by atoms with E-state index < -0.39 is 0 Å². The van der Waals surface area contributed by atoms with Crippen LogP contribution in [-0.2, 0) is 5.41 Å². The lowest BCUT2D eigenvalue weighted by Crippen LogP contribution is -2.13. The van der Waals surface area contributed by atoms with Crippen molar-refractivity contribution in [3.05, 3.63) is 22.7 Å². The van der Waals surface area contributed by atoms with E-state index in [-0.39, 0.29) is 5.41 Å². The maximum Gasteiger partial charge on any atom is 0.116 e. The van der Waals surface area contributed by atoms with E-state index in [2.05, 4.69) is 46.7 Å². The lowest BCUT2D eigenvalue weighted by atomic mass is 9.92. The normalized spacial score (nSPS) is 11.6. The highest BCUT2D eigenvalue weighted by Crippen LogP contribution is 2.20. The summed E-state index contributed by atoms with van der Waals surface area (Å²) in [7, 11) is 0. The number of nitrogens with zero attached hydrogens (tertiary/aromatic N) is 2. The van der Waals surface area contributed by atoms with Gasteiger partial charge in [-0.15, -0.1) is 0 Å². The average molecular weight is 215 g/mol. The number of halogens is 1. The first-order valence-electron chi connectivity index (χ1n) is 3.48. The van der Waals surface area contributed by atoms with Crippen LogP contribution in [0, 0.1) is 0 Å². The highest BCUT2D eigenvalue weighted by molar-refractivity contribution is 9.10. The second-order valence-corrected chi connectivity index (χ2v) is 4.29. The molecule has 0 aliphatic carbocycles. The third-order valence-electron chi connectivity index (χ3n) is 1.40. The van der Waals surface area contributed by atoms with Crippen LogP contribution in [-0.4, -0.2) is 9.97 Å². The summed E-state index contributed by atoms with van der Waals surface area (Å²) >= 11 is 3.30. The van der Waals surface area contributed by atoms with E-state index >= 15 is 0 Å². The monoisotopic (exact) mass is 214 g/mol. The van der Waals surface area contributed by atoms with E-state index in [0.29, 0.717) is 0 Å². The SMILES string of the molecule is CC(C)(C)c1cc(Br)ncn1. The molecule has 0 atom stereocenters. The van der Waals surface area contributed by atoms with Crippen LogP contribution in [0.1, 0.15) is 26.5 Å². The van der Waals surface area contributed by atoms with Crippen LogP contribution in [0.25, 0.3) is 0 Å². The van der Waals surface area contributed by atoms with Crippen molar-refractivity contribution in [3.8, 4) is 0 Å². The summed E-state index contributed by atoms with van der Waals surface area (Å²) in [4.78, 5) is 8.13. The van der Waals surface area contributed by atoms with Crippen molar-refractivity contribution in [1.29, 1.82) is 0 Å². The van der Waals surface area contributed by atoms with E-state index in [4.69, 9.17) is 0 Å². The van der Waals surface area contributed by atoms with Crippen LogP contribution in [0.2, 0.25) is 0 Å². The van der Waals surface area contributed by atoms with E-state index in [1.807, 2.05) is 6.07 Å². The highest BCUT2D eigenvalue weighted by atomic mass is 79.9. The number of aromatic nitrogens is 2. The molecule has 60 valence electrons. The molecule has 0 saturated heterocycles. The van der Waals surface area contributed by atoms with Gasteiger partial charge in [-0.2, -0.15) is 0 Å². The van der Waals surface area contributed by atoms with Crippen LogP contribution in [0.5, 0.6) is 0 Å². The van der Waals surface area contributed by atoms with Gasteiger partial charge in [0.1, 0.15) is 10.9 Å². The van der Waals surface area contributed by atoms with Gasteiger partial charge in [-0.1, -0.05) is 20.8 Å². The molecule has 0 aliphatic rings. The lowest BCUT2D eigenvalue weighted by Gasteiger charge is -2.16. The second-order valence-electron chi connectivity index (χ2n) is 3.48. The molecule has 0 aromatic carbocycles. The molecule has 0 saturated carbocycles. The molecular weight excluding hydrogens is 204 g/mol. The predicted octanol–water partition coefficient (Wildman–Crippen LogP) is 2.54. The number of hydrogen-bond acceptors (Lipinski definition) is 2. The van der Waals surface area contributed by atoms with Crippen molar-refractivity contribution >= 4 is 15.9 Å². The summed E-state index contributed by atoms with van der Waals surface area (Å²) in [5.74, 6) is 0. The Bertz CT molecular complexity index is 253. The van der Waals surface area contributed by atoms with Crippen molar-refractivity contribution in [2.45, 2.75) is 26.2 Å². The molecule has 2 nitrogen and oxygen atoms in total. The minimum Gasteiger partial charge on any atom is -0.241 e. The Morgan fingerprint density at radius 2 is 1.91 bits per heavy atom. The van der Waals surface area contributed by atoms with Gasteiger partial charge in [-0.25, -0.2) is 9.97 Å². The zero-order chi connectivity index (χ0) is 8.48. The van der Waals surface area contributed by atoms with Crippen molar-refractivity contribution in [3.63, 3.8) is 0 Å². The second kappa shape index (κ2) is 2.89. The largest absolute Gasteiger partial charge is 0.241 e. The van der Waals surface area contributed by atoms with Gasteiger partial charge in [0, 0.05) is 5.41 Å². The number of hydrogen-bond donors (Lipinski definition) is 0. The average Bonchev–Trinajstić information content (AvgIpc) is 1.86. The Morgan fingerprint density at radius 3 is 2.27 bits per heavy atom. The molecule has 1 heterocycles. The van der Waals surface area contributed by atoms with Crippen LogP contribution < -0.4 is 0 Å². The van der Waals surface area contributed by atoms with E-state index in [9.17, 15) is 0 Å². The first-order valence-corrected chi connectivity index (χ1v) is 4.27. The summed E-state index contributed by atoms with van der Waals surface area (Å²) in [6, 6.07) is 1.94. The molecule has 0 amide bonds. The third-order valence-corrected chi connectivity index (χ3v) is 1.84. The van der Waals surface area contributed by atoms with Gasteiger partial charge in [0.05, 0.1) is 5.69 Å². The molecule has 0 N–H and O–H groups in total. The van der Waals surface area contributed by atoms with Gasteiger partial charge in [0.25, 0.3) is 0 Å². The van der Waals surface area contributed by atoms with Gasteiger partial charge >= 0.3 is 0 Å². The smallest absolute Gasteiger partial charge is 0.116 e. The maximum atomic E-state index is 4.17. The van der Waals surface area contributed by atoms with Crippen LogP contribution >= 0.6 is 15.9 Å². The van der Waals surface area contributed by atoms with E-state index in [0.717, 1.165) is 10.3 Å². The molecule has 11 heavy (non-hydrogen) atoms. The fraction of sp³-hybridized carbons (Fsp3) is 0.500. The fourth-order valence-corrected chi connectivity index (χ4v) is 1.05. The standard InChI is InChI=1S/C8H11BrN2/c1-8(2,3)6-4-7(9)11-5-10-6/h4-5H,1-3H3. The number of rotatable bonds is 0. The molecule has 0 unspecified atom stereocenters.